The average molecular weight is 261 g/mol. The van der Waals surface area contributed by atoms with E-state index in [0.717, 1.165) is 29.7 Å². The number of nitrogens with two attached hydrogens (primary N) is 1. The number of carbonyl (C=O) groups excluding carboxylic acids is 1. The highest BCUT2D eigenvalue weighted by molar-refractivity contribution is 5.92. The molecule has 2 fully saturated rings. The first-order chi connectivity index (χ1) is 9.08. The minimum Gasteiger partial charge on any atom is -0.364 e. The normalized spacial score (nSPS) is 19.4. The van der Waals surface area contributed by atoms with Gasteiger partial charge in [0, 0.05) is 11.6 Å². The van der Waals surface area contributed by atoms with Gasteiger partial charge >= 0.3 is 0 Å². The molecule has 2 aliphatic carbocycles. The molecule has 1 amide bonds. The van der Waals surface area contributed by atoms with Crippen molar-refractivity contribution in [2.24, 2.45) is 23.5 Å². The fourth-order valence-electron chi connectivity index (χ4n) is 3.23. The maximum atomic E-state index is 11.7. The van der Waals surface area contributed by atoms with Crippen LogP contribution in [0, 0.1) is 17.8 Å². The van der Waals surface area contributed by atoms with Crippen molar-refractivity contribution in [3.05, 3.63) is 17.5 Å². The van der Waals surface area contributed by atoms with Crippen LogP contribution in [0.1, 0.15) is 61.6 Å². The van der Waals surface area contributed by atoms with E-state index >= 15 is 0 Å². The van der Waals surface area contributed by atoms with Crippen molar-refractivity contribution in [2.75, 3.05) is 0 Å². The van der Waals surface area contributed by atoms with Gasteiger partial charge < -0.3 is 5.73 Å². The Kier molecular flexibility index (Phi) is 3.11. The van der Waals surface area contributed by atoms with Gasteiger partial charge in [-0.2, -0.15) is 5.10 Å². The molecule has 0 atom stereocenters. The minimum atomic E-state index is -0.341. The summed E-state index contributed by atoms with van der Waals surface area (Å²) in [5.74, 6) is 2.18. The summed E-state index contributed by atoms with van der Waals surface area (Å²) in [6.07, 6.45) is 8.31. The Morgan fingerprint density at radius 1 is 1.37 bits per heavy atom. The van der Waals surface area contributed by atoms with E-state index in [1.54, 1.807) is 4.68 Å². The molecule has 1 aromatic rings. The number of carbonyl (C=O) groups is 1. The fraction of sp³-hybridized carbons (Fsp3) is 0.733. The lowest BCUT2D eigenvalue weighted by atomic mass is 9.90. The third kappa shape index (κ3) is 2.53. The van der Waals surface area contributed by atoms with Crippen LogP contribution in [0.5, 0.6) is 0 Å². The maximum Gasteiger partial charge on any atom is 0.267 e. The van der Waals surface area contributed by atoms with Crippen LogP contribution in [-0.4, -0.2) is 15.7 Å². The molecule has 0 bridgehead atoms. The largest absolute Gasteiger partial charge is 0.364 e. The van der Waals surface area contributed by atoms with E-state index in [2.05, 4.69) is 5.10 Å². The van der Waals surface area contributed by atoms with Crippen molar-refractivity contribution in [3.8, 4) is 0 Å². The lowest BCUT2D eigenvalue weighted by molar-refractivity contribution is 0.0987. The predicted octanol–water partition coefficient (Wildman–Crippen LogP) is 2.54. The molecule has 0 radical (unpaired) electrons. The summed E-state index contributed by atoms with van der Waals surface area (Å²) in [7, 11) is 0. The number of hydrogen-bond donors (Lipinski definition) is 1. The zero-order valence-electron chi connectivity index (χ0n) is 11.8. The van der Waals surface area contributed by atoms with Crippen molar-refractivity contribution in [2.45, 2.75) is 52.0 Å². The highest BCUT2D eigenvalue weighted by Crippen LogP contribution is 2.50. The number of nitrogens with zero attached hydrogens (tertiary/aromatic N) is 2. The van der Waals surface area contributed by atoms with Crippen LogP contribution in [0.2, 0.25) is 0 Å². The predicted molar refractivity (Wildman–Crippen MR) is 73.8 cm³/mol. The average Bonchev–Trinajstić information content (AvgIpc) is 3.23. The molecular formula is C15H23N3O. The molecule has 0 aliphatic heterocycles. The molecule has 1 heterocycles. The van der Waals surface area contributed by atoms with E-state index in [1.165, 1.54) is 25.7 Å². The molecular weight excluding hydrogens is 238 g/mol. The van der Waals surface area contributed by atoms with E-state index in [4.69, 9.17) is 5.73 Å². The Balaban J connectivity index is 1.85. The minimum absolute atomic E-state index is 0.177. The highest BCUT2D eigenvalue weighted by Gasteiger charge is 2.41. The topological polar surface area (TPSA) is 60.9 Å². The second-order valence-corrected chi connectivity index (χ2v) is 6.46. The van der Waals surface area contributed by atoms with Gasteiger partial charge in [-0.25, -0.2) is 0 Å². The first-order valence-electron chi connectivity index (χ1n) is 7.44. The quantitative estimate of drug-likeness (QED) is 0.855. The molecule has 4 nitrogen and oxygen atoms in total. The third-order valence-electron chi connectivity index (χ3n) is 4.50. The molecule has 0 spiro atoms. The summed E-state index contributed by atoms with van der Waals surface area (Å²) in [5.41, 5.74) is 7.24. The van der Waals surface area contributed by atoms with Gasteiger partial charge in [-0.05, 0) is 63.7 Å². The number of primary amides is 1. The molecule has 2 N–H and O–H groups in total. The van der Waals surface area contributed by atoms with E-state index in [9.17, 15) is 4.79 Å². The van der Waals surface area contributed by atoms with Gasteiger partial charge in [0.1, 0.15) is 5.69 Å². The first-order valence-corrected chi connectivity index (χ1v) is 7.44. The first kappa shape index (κ1) is 12.7. The maximum absolute atomic E-state index is 11.7. The van der Waals surface area contributed by atoms with Crippen LogP contribution in [0.4, 0.5) is 0 Å². The van der Waals surface area contributed by atoms with Crippen LogP contribution in [0.3, 0.4) is 0 Å². The number of hydrogen-bond acceptors (Lipinski definition) is 2. The number of amides is 1. The van der Waals surface area contributed by atoms with Crippen LogP contribution < -0.4 is 5.73 Å². The SMILES string of the molecule is CC(C)n1ncc(CC(C2CC2)C2CC2)c1C(N)=O. The van der Waals surface area contributed by atoms with E-state index < -0.39 is 0 Å². The Hall–Kier alpha value is -1.32. The fourth-order valence-corrected chi connectivity index (χ4v) is 3.23. The Bertz CT molecular complexity index is 472. The van der Waals surface area contributed by atoms with E-state index in [0.29, 0.717) is 5.69 Å². The van der Waals surface area contributed by atoms with Gasteiger partial charge in [0.15, 0.2) is 0 Å². The second-order valence-electron chi connectivity index (χ2n) is 6.46. The van der Waals surface area contributed by atoms with Crippen molar-refractivity contribution in [1.29, 1.82) is 0 Å². The lowest BCUT2D eigenvalue weighted by Gasteiger charge is -2.16. The Labute approximate surface area is 114 Å². The molecule has 3 rings (SSSR count). The molecule has 104 valence electrons. The monoisotopic (exact) mass is 261 g/mol. The highest BCUT2D eigenvalue weighted by atomic mass is 16.1. The summed E-state index contributed by atoms with van der Waals surface area (Å²) in [6.45, 7) is 4.06. The summed E-state index contributed by atoms with van der Waals surface area (Å²) in [5, 5.41) is 4.37. The zero-order valence-corrected chi connectivity index (χ0v) is 11.8. The van der Waals surface area contributed by atoms with Gasteiger partial charge in [-0.3, -0.25) is 9.48 Å². The van der Waals surface area contributed by atoms with Gasteiger partial charge in [-0.15, -0.1) is 0 Å². The zero-order chi connectivity index (χ0) is 13.6. The van der Waals surface area contributed by atoms with Crippen molar-refractivity contribution >= 4 is 5.91 Å². The van der Waals surface area contributed by atoms with Crippen LogP contribution >= 0.6 is 0 Å². The van der Waals surface area contributed by atoms with Gasteiger partial charge in [0.25, 0.3) is 5.91 Å². The summed E-state index contributed by atoms with van der Waals surface area (Å²) < 4.78 is 1.77. The van der Waals surface area contributed by atoms with Crippen molar-refractivity contribution < 1.29 is 4.79 Å². The van der Waals surface area contributed by atoms with Crippen molar-refractivity contribution in [1.82, 2.24) is 9.78 Å². The second kappa shape index (κ2) is 4.66. The van der Waals surface area contributed by atoms with Gasteiger partial charge in [0.05, 0.1) is 6.20 Å². The number of rotatable bonds is 6. The summed E-state index contributed by atoms with van der Waals surface area (Å²) in [6, 6.07) is 0.177. The molecule has 2 aliphatic rings. The number of aromatic nitrogens is 2. The Morgan fingerprint density at radius 3 is 2.37 bits per heavy atom. The van der Waals surface area contributed by atoms with Crippen LogP contribution in [-0.2, 0) is 6.42 Å². The standard InChI is InChI=1S/C15H23N3O/c1-9(2)18-14(15(16)19)12(8-17-18)7-13(10-3-4-10)11-5-6-11/h8-11,13H,3-7H2,1-2H3,(H2,16,19). The Morgan fingerprint density at radius 2 is 1.95 bits per heavy atom. The summed E-state index contributed by atoms with van der Waals surface area (Å²) >= 11 is 0. The molecule has 0 aromatic carbocycles. The third-order valence-corrected chi connectivity index (χ3v) is 4.50. The molecule has 0 unspecified atom stereocenters. The van der Waals surface area contributed by atoms with E-state index in [1.807, 2.05) is 20.0 Å². The molecule has 0 saturated heterocycles. The summed E-state index contributed by atoms with van der Waals surface area (Å²) in [4.78, 5) is 11.7. The van der Waals surface area contributed by atoms with Crippen LogP contribution in [0.25, 0.3) is 0 Å². The smallest absolute Gasteiger partial charge is 0.267 e. The van der Waals surface area contributed by atoms with Crippen molar-refractivity contribution in [3.63, 3.8) is 0 Å². The molecule has 2 saturated carbocycles. The van der Waals surface area contributed by atoms with Crippen LogP contribution in [0.15, 0.2) is 6.20 Å². The van der Waals surface area contributed by atoms with Gasteiger partial charge in [0.2, 0.25) is 0 Å². The van der Waals surface area contributed by atoms with Gasteiger partial charge in [-0.1, -0.05) is 0 Å². The molecule has 19 heavy (non-hydrogen) atoms. The van der Waals surface area contributed by atoms with E-state index in [-0.39, 0.29) is 11.9 Å². The lowest BCUT2D eigenvalue weighted by Crippen LogP contribution is -2.22. The molecule has 4 heteroatoms. The molecule has 1 aromatic heterocycles.